The van der Waals surface area contributed by atoms with Crippen LogP contribution in [0, 0.1) is 0 Å². The first-order valence-corrected chi connectivity index (χ1v) is 8.19. The van der Waals surface area contributed by atoms with Crippen LogP contribution in [0.25, 0.3) is 0 Å². The van der Waals surface area contributed by atoms with Crippen LogP contribution < -0.4 is 9.05 Å². The summed E-state index contributed by atoms with van der Waals surface area (Å²) in [5.41, 5.74) is 0.161. The number of hydrogen-bond acceptors (Lipinski definition) is 4. The van der Waals surface area contributed by atoms with Gasteiger partial charge in [-0.3, -0.25) is 19.6 Å². The number of rotatable bonds is 5. The highest BCUT2D eigenvalue weighted by Gasteiger charge is 2.25. The monoisotopic (exact) mass is 312 g/mol. The first-order chi connectivity index (χ1) is 8.49. The van der Waals surface area contributed by atoms with E-state index in [0.29, 0.717) is 0 Å². The van der Waals surface area contributed by atoms with Crippen LogP contribution in [0.3, 0.4) is 0 Å². The number of benzene rings is 1. The van der Waals surface area contributed by atoms with Crippen LogP contribution in [-0.4, -0.2) is 19.6 Å². The van der Waals surface area contributed by atoms with Crippen molar-refractivity contribution in [1.29, 1.82) is 0 Å². The summed E-state index contributed by atoms with van der Waals surface area (Å²) < 4.78 is 30.7. The summed E-state index contributed by atoms with van der Waals surface area (Å²) in [6.45, 7) is 3.32. The van der Waals surface area contributed by atoms with Crippen molar-refractivity contribution in [1.82, 2.24) is 0 Å². The molecule has 8 nitrogen and oxygen atoms in total. The summed E-state index contributed by atoms with van der Waals surface area (Å²) in [6, 6.07) is 3.86. The molecule has 0 radical (unpaired) electrons. The Kier molecular flexibility index (Phi) is 4.79. The molecule has 0 aromatic heterocycles. The molecular formula is C9H14O8P2. The summed E-state index contributed by atoms with van der Waals surface area (Å²) in [5.74, 6) is -0.701. The lowest BCUT2D eigenvalue weighted by atomic mass is 10.0. The molecular weight excluding hydrogens is 298 g/mol. The van der Waals surface area contributed by atoms with Gasteiger partial charge in [-0.15, -0.1) is 0 Å². The second-order valence-corrected chi connectivity index (χ2v) is 6.31. The molecule has 0 saturated carbocycles. The van der Waals surface area contributed by atoms with Crippen LogP contribution in [0.5, 0.6) is 11.5 Å². The highest BCUT2D eigenvalue weighted by molar-refractivity contribution is 7.47. The van der Waals surface area contributed by atoms with Gasteiger partial charge in [-0.1, -0.05) is 19.9 Å². The average molecular weight is 312 g/mol. The second kappa shape index (κ2) is 5.63. The molecule has 4 N–H and O–H groups in total. The molecule has 0 amide bonds. The van der Waals surface area contributed by atoms with Gasteiger partial charge < -0.3 is 9.05 Å². The smallest absolute Gasteiger partial charge is 0.404 e. The highest BCUT2D eigenvalue weighted by Crippen LogP contribution is 2.47. The van der Waals surface area contributed by atoms with Crippen LogP contribution in [-0.2, 0) is 9.13 Å². The number of hydrogen-bond donors (Lipinski definition) is 4. The lowest BCUT2D eigenvalue weighted by molar-refractivity contribution is 0.278. The minimum Gasteiger partial charge on any atom is -0.404 e. The summed E-state index contributed by atoms with van der Waals surface area (Å²) in [7, 11) is -9.55. The molecule has 0 heterocycles. The first kappa shape index (κ1) is 16.2. The molecule has 0 spiro atoms. The SMILES string of the molecule is CC(C)c1c(OP(=O)(O)O)cccc1OP(=O)(O)O. The molecule has 0 aliphatic carbocycles. The predicted octanol–water partition coefficient (Wildman–Crippen LogP) is 1.75. The zero-order valence-corrected chi connectivity index (χ0v) is 11.9. The van der Waals surface area contributed by atoms with Gasteiger partial charge in [0, 0.05) is 5.56 Å². The van der Waals surface area contributed by atoms with Crippen LogP contribution >= 0.6 is 15.6 Å². The van der Waals surface area contributed by atoms with E-state index in [0.717, 1.165) is 0 Å². The Hall–Kier alpha value is -0.880. The van der Waals surface area contributed by atoms with E-state index >= 15 is 0 Å². The van der Waals surface area contributed by atoms with Crippen molar-refractivity contribution >= 4 is 15.6 Å². The van der Waals surface area contributed by atoms with Crippen molar-refractivity contribution in [2.75, 3.05) is 0 Å². The molecule has 0 aliphatic heterocycles. The highest BCUT2D eigenvalue weighted by atomic mass is 31.2. The Balaban J connectivity index is 3.30. The molecule has 10 heteroatoms. The van der Waals surface area contributed by atoms with Gasteiger partial charge in [-0.05, 0) is 18.1 Å². The number of phosphoric acid groups is 2. The summed E-state index contributed by atoms with van der Waals surface area (Å²) in [4.78, 5) is 35.2. The van der Waals surface area contributed by atoms with E-state index in [1.54, 1.807) is 13.8 Å². The minimum absolute atomic E-state index is 0.161. The molecule has 0 unspecified atom stereocenters. The maximum absolute atomic E-state index is 10.8. The molecule has 19 heavy (non-hydrogen) atoms. The van der Waals surface area contributed by atoms with E-state index in [1.165, 1.54) is 18.2 Å². The number of phosphoric ester groups is 2. The Morgan fingerprint density at radius 1 is 0.947 bits per heavy atom. The van der Waals surface area contributed by atoms with Gasteiger partial charge in [0.05, 0.1) is 0 Å². The first-order valence-electron chi connectivity index (χ1n) is 5.13. The predicted molar refractivity (Wildman–Crippen MR) is 65.9 cm³/mol. The normalized spacial score (nSPS) is 12.6. The molecule has 0 atom stereocenters. The van der Waals surface area contributed by atoms with E-state index in [1.807, 2.05) is 0 Å². The minimum atomic E-state index is -4.77. The van der Waals surface area contributed by atoms with Crippen molar-refractivity contribution in [3.8, 4) is 11.5 Å². The Morgan fingerprint density at radius 3 is 1.58 bits per heavy atom. The summed E-state index contributed by atoms with van der Waals surface area (Å²) >= 11 is 0. The fourth-order valence-electron chi connectivity index (χ4n) is 1.51. The maximum Gasteiger partial charge on any atom is 0.524 e. The Bertz CT molecular complexity index is 501. The van der Waals surface area contributed by atoms with Gasteiger partial charge in [0.2, 0.25) is 0 Å². The average Bonchev–Trinajstić information content (AvgIpc) is 2.11. The maximum atomic E-state index is 10.8. The van der Waals surface area contributed by atoms with Crippen molar-refractivity contribution in [2.45, 2.75) is 19.8 Å². The van der Waals surface area contributed by atoms with Gasteiger partial charge in [0.1, 0.15) is 11.5 Å². The quantitative estimate of drug-likeness (QED) is 0.604. The fraction of sp³-hybridized carbons (Fsp3) is 0.333. The Labute approximate surface area is 109 Å². The van der Waals surface area contributed by atoms with Crippen molar-refractivity contribution in [2.24, 2.45) is 0 Å². The van der Waals surface area contributed by atoms with E-state index in [2.05, 4.69) is 9.05 Å². The molecule has 1 rings (SSSR count). The van der Waals surface area contributed by atoms with Crippen molar-refractivity contribution < 1.29 is 37.8 Å². The molecule has 1 aromatic carbocycles. The topological polar surface area (TPSA) is 134 Å². The van der Waals surface area contributed by atoms with E-state index in [9.17, 15) is 9.13 Å². The van der Waals surface area contributed by atoms with E-state index in [4.69, 9.17) is 19.6 Å². The second-order valence-electron chi connectivity index (χ2n) is 3.99. The van der Waals surface area contributed by atoms with Crippen LogP contribution in [0.1, 0.15) is 25.3 Å². The lowest BCUT2D eigenvalue weighted by Crippen LogP contribution is -2.01. The van der Waals surface area contributed by atoms with Gasteiger partial charge in [-0.2, -0.15) is 0 Å². The van der Waals surface area contributed by atoms with Gasteiger partial charge >= 0.3 is 15.6 Å². The molecule has 0 bridgehead atoms. The summed E-state index contributed by atoms with van der Waals surface area (Å²) in [6.07, 6.45) is 0. The zero-order chi connectivity index (χ0) is 14.8. The molecule has 1 aromatic rings. The third-order valence-corrected chi connectivity index (χ3v) is 2.91. The molecule has 0 aliphatic rings. The largest absolute Gasteiger partial charge is 0.524 e. The van der Waals surface area contributed by atoms with Crippen molar-refractivity contribution in [3.05, 3.63) is 23.8 Å². The van der Waals surface area contributed by atoms with Crippen molar-refractivity contribution in [3.63, 3.8) is 0 Å². The van der Waals surface area contributed by atoms with Crippen LogP contribution in [0.2, 0.25) is 0 Å². The summed E-state index contributed by atoms with van der Waals surface area (Å²) in [5, 5.41) is 0. The molecule has 108 valence electrons. The van der Waals surface area contributed by atoms with Gasteiger partial charge in [-0.25, -0.2) is 9.13 Å². The fourth-order valence-corrected chi connectivity index (χ4v) is 2.34. The van der Waals surface area contributed by atoms with E-state index < -0.39 is 15.6 Å². The third-order valence-electron chi connectivity index (χ3n) is 2.04. The van der Waals surface area contributed by atoms with Crippen LogP contribution in [0.15, 0.2) is 18.2 Å². The zero-order valence-electron chi connectivity index (χ0n) is 10.1. The third kappa shape index (κ3) is 5.32. The molecule has 0 saturated heterocycles. The van der Waals surface area contributed by atoms with E-state index in [-0.39, 0.29) is 23.0 Å². The Morgan fingerprint density at radius 2 is 1.32 bits per heavy atom. The van der Waals surface area contributed by atoms with Crippen LogP contribution in [0.4, 0.5) is 0 Å². The van der Waals surface area contributed by atoms with Gasteiger partial charge in [0.25, 0.3) is 0 Å². The standard InChI is InChI=1S/C9H14O8P2/c1-6(2)9-7(16-18(10,11)12)4-3-5-8(9)17-19(13,14)15/h3-6H,1-2H3,(H2,10,11,12)(H2,13,14,15). The lowest BCUT2D eigenvalue weighted by Gasteiger charge is -2.18. The molecule has 0 fully saturated rings. The van der Waals surface area contributed by atoms with Gasteiger partial charge in [0.15, 0.2) is 0 Å².